The van der Waals surface area contributed by atoms with Crippen molar-refractivity contribution in [2.45, 2.75) is 0 Å². The molecule has 2 aromatic rings. The van der Waals surface area contributed by atoms with Crippen LogP contribution in [0.1, 0.15) is 0 Å². The van der Waals surface area contributed by atoms with E-state index >= 15 is 0 Å². The van der Waals surface area contributed by atoms with E-state index in [0.717, 1.165) is 30.4 Å². The lowest BCUT2D eigenvalue weighted by Gasteiger charge is -2.23. The third-order valence-electron chi connectivity index (χ3n) is 3.41. The lowest BCUT2D eigenvalue weighted by atomic mass is 10.2. The molecule has 0 amide bonds. The number of aromatic nitrogens is 2. The standard InChI is InChI=1S/C15H24N7/c1-20-11-12-21(2)15(20)19-18-13-3-5-14(6-4-13)22(9-7-16)10-8-17/h3-6,11-12H,7-10,16-17H2,1-2H3/q+1. The van der Waals surface area contributed by atoms with Crippen LogP contribution in [0.15, 0.2) is 46.9 Å². The van der Waals surface area contributed by atoms with Gasteiger partial charge in [-0.1, -0.05) is 5.11 Å². The average Bonchev–Trinajstić information content (AvgIpc) is 2.84. The summed E-state index contributed by atoms with van der Waals surface area (Å²) in [7, 11) is 3.88. The van der Waals surface area contributed by atoms with Crippen LogP contribution in [-0.4, -0.2) is 30.7 Å². The number of nitrogens with zero attached hydrogens (tertiary/aromatic N) is 5. The molecule has 7 heteroatoms. The third-order valence-corrected chi connectivity index (χ3v) is 3.41. The molecule has 0 unspecified atom stereocenters. The molecule has 7 nitrogen and oxygen atoms in total. The van der Waals surface area contributed by atoms with Crippen LogP contribution >= 0.6 is 0 Å². The van der Waals surface area contributed by atoms with Crippen LogP contribution in [0, 0.1) is 0 Å². The number of benzene rings is 1. The SMILES string of the molecule is Cn1cc[n+](C)c1N=Nc1ccc(N(CCN)CCN)cc1. The second kappa shape index (κ2) is 7.67. The van der Waals surface area contributed by atoms with Gasteiger partial charge in [-0.2, -0.15) is 0 Å². The van der Waals surface area contributed by atoms with Crippen LogP contribution in [-0.2, 0) is 14.1 Å². The Balaban J connectivity index is 2.11. The summed E-state index contributed by atoms with van der Waals surface area (Å²) in [6.07, 6.45) is 3.88. The topological polar surface area (TPSA) is 88.8 Å². The lowest BCUT2D eigenvalue weighted by Crippen LogP contribution is -2.33. The molecule has 1 aromatic carbocycles. The van der Waals surface area contributed by atoms with E-state index in [4.69, 9.17) is 11.5 Å². The highest BCUT2D eigenvalue weighted by Crippen LogP contribution is 2.21. The summed E-state index contributed by atoms with van der Waals surface area (Å²) in [4.78, 5) is 2.16. The molecule has 1 heterocycles. The summed E-state index contributed by atoms with van der Waals surface area (Å²) in [5.74, 6) is 0.789. The number of aryl methyl sites for hydroxylation is 2. The van der Waals surface area contributed by atoms with E-state index in [-0.39, 0.29) is 0 Å². The van der Waals surface area contributed by atoms with Crippen molar-refractivity contribution in [3.8, 4) is 0 Å². The Morgan fingerprint density at radius 3 is 2.23 bits per heavy atom. The van der Waals surface area contributed by atoms with Crippen LogP contribution in [0.2, 0.25) is 0 Å². The first-order chi connectivity index (χ1) is 10.7. The van der Waals surface area contributed by atoms with Gasteiger partial charge in [-0.25, -0.2) is 9.13 Å². The van der Waals surface area contributed by atoms with Crippen LogP contribution in [0.4, 0.5) is 17.3 Å². The minimum absolute atomic E-state index is 0.603. The van der Waals surface area contributed by atoms with Crippen molar-refractivity contribution in [2.75, 3.05) is 31.1 Å². The van der Waals surface area contributed by atoms with Gasteiger partial charge in [0.25, 0.3) is 0 Å². The number of nitrogens with two attached hydrogens (primary N) is 2. The molecule has 2 rings (SSSR count). The van der Waals surface area contributed by atoms with Gasteiger partial charge in [-0.05, 0) is 24.3 Å². The number of hydrogen-bond acceptors (Lipinski definition) is 5. The van der Waals surface area contributed by atoms with Crippen molar-refractivity contribution in [3.05, 3.63) is 36.7 Å². The van der Waals surface area contributed by atoms with Gasteiger partial charge in [0.2, 0.25) is 0 Å². The zero-order valence-corrected chi connectivity index (χ0v) is 13.2. The Morgan fingerprint density at radius 2 is 1.73 bits per heavy atom. The summed E-state index contributed by atoms with van der Waals surface area (Å²) in [6.45, 7) is 2.78. The maximum absolute atomic E-state index is 5.64. The Hall–Kier alpha value is -2.25. The van der Waals surface area contributed by atoms with Crippen molar-refractivity contribution in [3.63, 3.8) is 0 Å². The smallest absolute Gasteiger partial charge is 0.369 e. The Bertz CT molecular complexity index is 590. The molecule has 0 fully saturated rings. The summed E-state index contributed by atoms with van der Waals surface area (Å²) in [5, 5.41) is 8.56. The van der Waals surface area contributed by atoms with E-state index in [0.29, 0.717) is 13.1 Å². The highest BCUT2D eigenvalue weighted by atomic mass is 15.3. The molecule has 22 heavy (non-hydrogen) atoms. The minimum atomic E-state index is 0.603. The molecule has 0 saturated heterocycles. The number of hydrogen-bond donors (Lipinski definition) is 2. The van der Waals surface area contributed by atoms with Crippen molar-refractivity contribution >= 4 is 17.3 Å². The molecule has 0 saturated carbocycles. The first-order valence-electron chi connectivity index (χ1n) is 7.33. The maximum Gasteiger partial charge on any atom is 0.421 e. The largest absolute Gasteiger partial charge is 0.421 e. The molecule has 0 aliphatic rings. The van der Waals surface area contributed by atoms with Gasteiger partial charge >= 0.3 is 5.95 Å². The highest BCUT2D eigenvalue weighted by Gasteiger charge is 2.10. The molecule has 0 aliphatic carbocycles. The molecule has 118 valence electrons. The Kier molecular flexibility index (Phi) is 5.62. The summed E-state index contributed by atoms with van der Waals surface area (Å²) in [6, 6.07) is 7.93. The van der Waals surface area contributed by atoms with Gasteiger partial charge in [-0.15, -0.1) is 0 Å². The molecule has 0 radical (unpaired) electrons. The fraction of sp³-hybridized carbons (Fsp3) is 0.400. The summed E-state index contributed by atoms with van der Waals surface area (Å²) in [5.41, 5.74) is 13.2. The monoisotopic (exact) mass is 302 g/mol. The molecule has 0 bridgehead atoms. The van der Waals surface area contributed by atoms with Gasteiger partial charge in [0.05, 0.1) is 26.5 Å². The molecule has 0 atom stereocenters. The van der Waals surface area contributed by atoms with Gasteiger partial charge in [0.15, 0.2) is 0 Å². The molecule has 1 aromatic heterocycles. The second-order valence-electron chi connectivity index (χ2n) is 5.10. The van der Waals surface area contributed by atoms with Gasteiger partial charge in [0.1, 0.15) is 5.69 Å². The quantitative estimate of drug-likeness (QED) is 0.590. The Labute approximate surface area is 130 Å². The number of imidazole rings is 1. The predicted octanol–water partition coefficient (Wildman–Crippen LogP) is 0.989. The molecular weight excluding hydrogens is 278 g/mol. The van der Waals surface area contributed by atoms with Crippen molar-refractivity contribution in [2.24, 2.45) is 35.8 Å². The number of rotatable bonds is 7. The number of azo groups is 1. The molecule has 4 N–H and O–H groups in total. The Morgan fingerprint density at radius 1 is 1.09 bits per heavy atom. The zero-order valence-electron chi connectivity index (χ0n) is 13.2. The van der Waals surface area contributed by atoms with E-state index in [2.05, 4.69) is 15.1 Å². The maximum atomic E-state index is 5.64. The summed E-state index contributed by atoms with van der Waals surface area (Å²) < 4.78 is 3.84. The van der Waals surface area contributed by atoms with Crippen LogP contribution in [0.3, 0.4) is 0 Å². The average molecular weight is 302 g/mol. The first kappa shape index (κ1) is 16.1. The third kappa shape index (κ3) is 3.90. The van der Waals surface area contributed by atoms with Crippen molar-refractivity contribution in [1.82, 2.24) is 4.57 Å². The normalized spacial score (nSPS) is 11.3. The van der Waals surface area contributed by atoms with Crippen LogP contribution < -0.4 is 20.9 Å². The minimum Gasteiger partial charge on any atom is -0.369 e. The van der Waals surface area contributed by atoms with E-state index in [1.165, 1.54) is 0 Å². The van der Waals surface area contributed by atoms with E-state index < -0.39 is 0 Å². The van der Waals surface area contributed by atoms with Crippen LogP contribution in [0.25, 0.3) is 0 Å². The summed E-state index contributed by atoms with van der Waals surface area (Å²) >= 11 is 0. The van der Waals surface area contributed by atoms with Crippen LogP contribution in [0.5, 0.6) is 0 Å². The van der Waals surface area contributed by atoms with Crippen molar-refractivity contribution < 1.29 is 4.57 Å². The molecular formula is C15H24N7+. The van der Waals surface area contributed by atoms with Gasteiger partial charge in [-0.3, -0.25) is 0 Å². The lowest BCUT2D eigenvalue weighted by molar-refractivity contribution is -0.657. The van der Waals surface area contributed by atoms with Gasteiger partial charge in [0, 0.05) is 37.0 Å². The van der Waals surface area contributed by atoms with E-state index in [1.807, 2.05) is 59.9 Å². The predicted molar refractivity (Wildman–Crippen MR) is 87.5 cm³/mol. The fourth-order valence-corrected chi connectivity index (χ4v) is 2.24. The van der Waals surface area contributed by atoms with Gasteiger partial charge < -0.3 is 16.4 Å². The van der Waals surface area contributed by atoms with Crippen molar-refractivity contribution in [1.29, 1.82) is 0 Å². The van der Waals surface area contributed by atoms with E-state index in [9.17, 15) is 0 Å². The second-order valence-corrected chi connectivity index (χ2v) is 5.10. The first-order valence-corrected chi connectivity index (χ1v) is 7.33. The fourth-order valence-electron chi connectivity index (χ4n) is 2.24. The number of anilines is 1. The molecule has 0 aliphatic heterocycles. The van der Waals surface area contributed by atoms with E-state index in [1.54, 1.807) is 0 Å². The molecule has 0 spiro atoms. The highest BCUT2D eigenvalue weighted by molar-refractivity contribution is 5.52. The zero-order chi connectivity index (χ0) is 15.9.